The molecule has 2 aliphatic rings. The SMILES string of the molecule is CCc1cccc2c(C3=Nn4c(nnc4C4CCCO4)SC3c3ccccc3)c[nH]c12. The lowest BCUT2D eigenvalue weighted by Crippen LogP contribution is -2.19. The van der Waals surface area contributed by atoms with Crippen LogP contribution in [0, 0.1) is 0 Å². The normalized spacial score (nSPS) is 20.7. The monoisotopic (exact) mass is 429 g/mol. The maximum atomic E-state index is 5.89. The van der Waals surface area contributed by atoms with Crippen molar-refractivity contribution in [2.75, 3.05) is 6.61 Å². The Morgan fingerprint density at radius 1 is 1.13 bits per heavy atom. The van der Waals surface area contributed by atoms with Crippen molar-refractivity contribution in [2.24, 2.45) is 5.10 Å². The number of para-hydroxylation sites is 1. The van der Waals surface area contributed by atoms with E-state index in [4.69, 9.17) is 9.84 Å². The number of H-pyrrole nitrogens is 1. The van der Waals surface area contributed by atoms with Crippen molar-refractivity contribution < 1.29 is 4.74 Å². The summed E-state index contributed by atoms with van der Waals surface area (Å²) in [6, 6.07) is 17.0. The molecule has 6 rings (SSSR count). The van der Waals surface area contributed by atoms with Gasteiger partial charge in [0.1, 0.15) is 6.10 Å². The Bertz CT molecular complexity index is 1270. The Kier molecular flexibility index (Phi) is 4.65. The molecule has 2 aromatic carbocycles. The van der Waals surface area contributed by atoms with Gasteiger partial charge in [-0.25, -0.2) is 0 Å². The number of benzene rings is 2. The Morgan fingerprint density at radius 3 is 2.84 bits per heavy atom. The first-order valence-electron chi connectivity index (χ1n) is 10.8. The van der Waals surface area contributed by atoms with Crippen LogP contribution in [0.5, 0.6) is 0 Å². The second-order valence-electron chi connectivity index (χ2n) is 7.94. The lowest BCUT2D eigenvalue weighted by atomic mass is 9.99. The Balaban J connectivity index is 1.54. The number of aryl methyl sites for hydroxylation is 1. The highest BCUT2D eigenvalue weighted by atomic mass is 32.2. The van der Waals surface area contributed by atoms with Crippen molar-refractivity contribution >= 4 is 28.4 Å². The molecule has 1 saturated heterocycles. The third-order valence-corrected chi connectivity index (χ3v) is 7.29. The summed E-state index contributed by atoms with van der Waals surface area (Å²) >= 11 is 1.70. The van der Waals surface area contributed by atoms with Crippen LogP contribution in [0.3, 0.4) is 0 Å². The van der Waals surface area contributed by atoms with Crippen LogP contribution in [0.15, 0.2) is 65.0 Å². The molecule has 2 atom stereocenters. The van der Waals surface area contributed by atoms with Gasteiger partial charge in [-0.2, -0.15) is 9.78 Å². The third-order valence-electron chi connectivity index (χ3n) is 6.09. The number of hydrogen-bond donors (Lipinski definition) is 1. The molecule has 0 radical (unpaired) electrons. The summed E-state index contributed by atoms with van der Waals surface area (Å²) in [4.78, 5) is 3.51. The van der Waals surface area contributed by atoms with E-state index in [1.807, 2.05) is 10.7 Å². The predicted octanol–water partition coefficient (Wildman–Crippen LogP) is 5.27. The van der Waals surface area contributed by atoms with Crippen LogP contribution >= 0.6 is 11.8 Å². The molecule has 1 fully saturated rings. The van der Waals surface area contributed by atoms with Crippen LogP contribution in [-0.4, -0.2) is 32.2 Å². The van der Waals surface area contributed by atoms with Crippen molar-refractivity contribution in [1.29, 1.82) is 0 Å². The van der Waals surface area contributed by atoms with E-state index in [1.54, 1.807) is 11.8 Å². The number of aromatic nitrogens is 4. The standard InChI is InChI=1S/C24H23N5OS/c1-2-15-10-6-11-17-18(14-25-20(15)17)21-22(16-8-4-3-5-9-16)31-24-27-26-23(29(24)28-21)19-12-7-13-30-19/h3-6,8-11,14,19,22,25H,2,7,12-13H2,1H3. The molecule has 31 heavy (non-hydrogen) atoms. The van der Waals surface area contributed by atoms with Gasteiger partial charge in [0.15, 0.2) is 5.82 Å². The van der Waals surface area contributed by atoms with E-state index in [2.05, 4.69) is 70.8 Å². The molecule has 156 valence electrons. The summed E-state index contributed by atoms with van der Waals surface area (Å²) < 4.78 is 7.79. The first kappa shape index (κ1) is 18.8. The van der Waals surface area contributed by atoms with Gasteiger partial charge in [-0.3, -0.25) is 0 Å². The molecular formula is C24H23N5OS. The van der Waals surface area contributed by atoms with E-state index in [9.17, 15) is 0 Å². The Morgan fingerprint density at radius 2 is 2.03 bits per heavy atom. The molecular weight excluding hydrogens is 406 g/mol. The highest BCUT2D eigenvalue weighted by Crippen LogP contribution is 2.43. The number of hydrogen-bond acceptors (Lipinski definition) is 5. The Hall–Kier alpha value is -2.90. The van der Waals surface area contributed by atoms with Crippen LogP contribution in [0.2, 0.25) is 0 Å². The maximum Gasteiger partial charge on any atom is 0.213 e. The molecule has 0 spiro atoms. The minimum atomic E-state index is -0.0326. The molecule has 2 unspecified atom stereocenters. The van der Waals surface area contributed by atoms with Crippen LogP contribution in [0.4, 0.5) is 0 Å². The predicted molar refractivity (Wildman–Crippen MR) is 123 cm³/mol. The van der Waals surface area contributed by atoms with Crippen molar-refractivity contribution in [2.45, 2.75) is 42.7 Å². The molecule has 0 bridgehead atoms. The van der Waals surface area contributed by atoms with Gasteiger partial charge in [0, 0.05) is 29.3 Å². The number of rotatable bonds is 4. The fourth-order valence-electron chi connectivity index (χ4n) is 4.52. The van der Waals surface area contributed by atoms with Crippen LogP contribution in [0.1, 0.15) is 53.6 Å². The fourth-order valence-corrected chi connectivity index (χ4v) is 5.63. The van der Waals surface area contributed by atoms with Gasteiger partial charge in [0.2, 0.25) is 5.16 Å². The maximum absolute atomic E-state index is 5.89. The minimum absolute atomic E-state index is 0.0326. The average Bonchev–Trinajstić information content (AvgIpc) is 3.57. The van der Waals surface area contributed by atoms with Crippen molar-refractivity contribution in [3.8, 4) is 0 Å². The highest BCUT2D eigenvalue weighted by molar-refractivity contribution is 8.00. The molecule has 4 heterocycles. The van der Waals surface area contributed by atoms with Gasteiger partial charge in [-0.15, -0.1) is 10.2 Å². The quantitative estimate of drug-likeness (QED) is 0.480. The second kappa shape index (κ2) is 7.66. The summed E-state index contributed by atoms with van der Waals surface area (Å²) in [7, 11) is 0. The molecule has 6 nitrogen and oxygen atoms in total. The molecule has 0 aliphatic carbocycles. The first-order chi connectivity index (χ1) is 15.3. The topological polar surface area (TPSA) is 68.1 Å². The van der Waals surface area contributed by atoms with E-state index in [1.165, 1.54) is 22.0 Å². The number of thioether (sulfide) groups is 1. The van der Waals surface area contributed by atoms with E-state index in [0.717, 1.165) is 48.1 Å². The average molecular weight is 430 g/mol. The molecule has 2 aliphatic heterocycles. The zero-order chi connectivity index (χ0) is 20.8. The number of nitrogens with one attached hydrogen (secondary N) is 1. The van der Waals surface area contributed by atoms with Crippen molar-refractivity contribution in [3.05, 3.63) is 77.2 Å². The molecule has 0 amide bonds. The van der Waals surface area contributed by atoms with Gasteiger partial charge in [0.25, 0.3) is 0 Å². The van der Waals surface area contributed by atoms with Crippen molar-refractivity contribution in [1.82, 2.24) is 19.9 Å². The first-order valence-corrected chi connectivity index (χ1v) is 11.7. The van der Waals surface area contributed by atoms with Gasteiger partial charge >= 0.3 is 0 Å². The smallest absolute Gasteiger partial charge is 0.213 e. The molecule has 2 aromatic heterocycles. The van der Waals surface area contributed by atoms with Crippen molar-refractivity contribution in [3.63, 3.8) is 0 Å². The summed E-state index contributed by atoms with van der Waals surface area (Å²) in [5.41, 5.74) is 5.86. The fraction of sp³-hybridized carbons (Fsp3) is 0.292. The summed E-state index contributed by atoms with van der Waals surface area (Å²) in [6.07, 6.45) is 5.06. The van der Waals surface area contributed by atoms with E-state index in [0.29, 0.717) is 0 Å². The van der Waals surface area contributed by atoms with Gasteiger partial charge in [-0.1, -0.05) is 67.2 Å². The van der Waals surface area contributed by atoms with E-state index in [-0.39, 0.29) is 11.4 Å². The third kappa shape index (κ3) is 3.11. The summed E-state index contributed by atoms with van der Waals surface area (Å²) in [5.74, 6) is 0.804. The number of nitrogens with zero attached hydrogens (tertiary/aromatic N) is 4. The minimum Gasteiger partial charge on any atom is -0.370 e. The van der Waals surface area contributed by atoms with E-state index < -0.39 is 0 Å². The lowest BCUT2D eigenvalue weighted by molar-refractivity contribution is 0.102. The van der Waals surface area contributed by atoms with Gasteiger partial charge in [0.05, 0.1) is 11.0 Å². The molecule has 4 aromatic rings. The van der Waals surface area contributed by atoms with Crippen LogP contribution in [0.25, 0.3) is 10.9 Å². The zero-order valence-electron chi connectivity index (χ0n) is 17.3. The Labute approximate surface area is 184 Å². The van der Waals surface area contributed by atoms with E-state index >= 15 is 0 Å². The second-order valence-corrected chi connectivity index (χ2v) is 9.02. The molecule has 7 heteroatoms. The largest absolute Gasteiger partial charge is 0.370 e. The summed E-state index contributed by atoms with van der Waals surface area (Å²) in [5, 5.41) is 16.1. The van der Waals surface area contributed by atoms with Gasteiger partial charge < -0.3 is 9.72 Å². The summed E-state index contributed by atoms with van der Waals surface area (Å²) in [6.45, 7) is 2.96. The number of fused-ring (bicyclic) bond motifs is 2. The molecule has 1 N–H and O–H groups in total. The van der Waals surface area contributed by atoms with Gasteiger partial charge in [-0.05, 0) is 30.4 Å². The molecule has 0 saturated carbocycles. The number of aromatic amines is 1. The van der Waals surface area contributed by atoms with Crippen LogP contribution < -0.4 is 0 Å². The number of ether oxygens (including phenoxy) is 1. The highest BCUT2D eigenvalue weighted by Gasteiger charge is 2.34. The lowest BCUT2D eigenvalue weighted by Gasteiger charge is -2.24. The van der Waals surface area contributed by atoms with Crippen LogP contribution in [-0.2, 0) is 11.2 Å². The zero-order valence-corrected chi connectivity index (χ0v) is 18.1.